The second-order valence-electron chi connectivity index (χ2n) is 4.95. The number of nitrogens with zero attached hydrogens (tertiary/aromatic N) is 1. The number of halogens is 1. The smallest absolute Gasteiger partial charge is 0.340 e. The normalized spacial score (nSPS) is 21.8. The number of nitro groups is 1. The molecule has 0 spiro atoms. The van der Waals surface area contributed by atoms with E-state index in [0.29, 0.717) is 6.42 Å². The van der Waals surface area contributed by atoms with Gasteiger partial charge in [0.15, 0.2) is 0 Å². The monoisotopic (exact) mass is 313 g/mol. The standard InChI is InChI=1S/C14H16ClNO5/c1-20-9-4-2-5-10(8-9)21-14(17)11-6-3-7-12(13(11)15)16(18)19/h3,6-7,9-10H,2,4-5,8H2,1H3. The molecule has 6 nitrogen and oxygen atoms in total. The number of esters is 1. The summed E-state index contributed by atoms with van der Waals surface area (Å²) < 4.78 is 10.7. The van der Waals surface area contributed by atoms with Crippen molar-refractivity contribution in [1.82, 2.24) is 0 Å². The molecular formula is C14H16ClNO5. The SMILES string of the molecule is COC1CCCC(OC(=O)c2cccc([N+](=O)[O-])c2Cl)C1. The van der Waals surface area contributed by atoms with Crippen LogP contribution in [0.15, 0.2) is 18.2 Å². The van der Waals surface area contributed by atoms with Crippen LogP contribution in [0.3, 0.4) is 0 Å². The van der Waals surface area contributed by atoms with E-state index in [9.17, 15) is 14.9 Å². The average Bonchev–Trinajstić information content (AvgIpc) is 2.47. The van der Waals surface area contributed by atoms with Crippen molar-refractivity contribution in [2.45, 2.75) is 37.9 Å². The largest absolute Gasteiger partial charge is 0.459 e. The predicted octanol–water partition coefficient (Wildman–Crippen LogP) is 3.36. The molecule has 2 rings (SSSR count). The van der Waals surface area contributed by atoms with Gasteiger partial charge in [0.2, 0.25) is 0 Å². The number of hydrogen-bond acceptors (Lipinski definition) is 5. The molecular weight excluding hydrogens is 298 g/mol. The highest BCUT2D eigenvalue weighted by Crippen LogP contribution is 2.30. The third-order valence-corrected chi connectivity index (χ3v) is 3.98. The number of rotatable bonds is 4. The first-order valence-electron chi connectivity index (χ1n) is 6.69. The zero-order chi connectivity index (χ0) is 15.4. The molecule has 0 aromatic heterocycles. The van der Waals surface area contributed by atoms with Gasteiger partial charge < -0.3 is 9.47 Å². The molecule has 7 heteroatoms. The molecule has 114 valence electrons. The first kappa shape index (κ1) is 15.7. The minimum absolute atomic E-state index is 0.0189. The molecule has 1 aliphatic carbocycles. The van der Waals surface area contributed by atoms with Crippen LogP contribution in [0.4, 0.5) is 5.69 Å². The third kappa shape index (κ3) is 3.71. The predicted molar refractivity (Wildman–Crippen MR) is 76.6 cm³/mol. The Labute approximate surface area is 127 Å². The zero-order valence-electron chi connectivity index (χ0n) is 11.6. The topological polar surface area (TPSA) is 78.7 Å². The Kier molecular flexibility index (Phi) is 5.14. The number of nitro benzene ring substituents is 1. The van der Waals surface area contributed by atoms with Gasteiger partial charge in [-0.05, 0) is 25.3 Å². The van der Waals surface area contributed by atoms with E-state index in [1.807, 2.05) is 0 Å². The van der Waals surface area contributed by atoms with E-state index in [2.05, 4.69) is 0 Å². The van der Waals surface area contributed by atoms with Crippen molar-refractivity contribution >= 4 is 23.3 Å². The molecule has 0 radical (unpaired) electrons. The number of carbonyl (C=O) groups is 1. The second kappa shape index (κ2) is 6.87. The minimum Gasteiger partial charge on any atom is -0.459 e. The summed E-state index contributed by atoms with van der Waals surface area (Å²) in [5.41, 5.74) is -0.282. The van der Waals surface area contributed by atoms with Crippen molar-refractivity contribution in [3.05, 3.63) is 38.9 Å². The Morgan fingerprint density at radius 2 is 2.10 bits per heavy atom. The Bertz CT molecular complexity index is 548. The zero-order valence-corrected chi connectivity index (χ0v) is 12.3. The summed E-state index contributed by atoms with van der Waals surface area (Å²) in [4.78, 5) is 22.3. The Morgan fingerprint density at radius 3 is 2.76 bits per heavy atom. The molecule has 1 aromatic rings. The van der Waals surface area contributed by atoms with Gasteiger partial charge in [0.1, 0.15) is 11.1 Å². The van der Waals surface area contributed by atoms with Gasteiger partial charge in [-0.25, -0.2) is 4.79 Å². The van der Waals surface area contributed by atoms with Crippen LogP contribution in [0.1, 0.15) is 36.0 Å². The van der Waals surface area contributed by atoms with Gasteiger partial charge in [-0.2, -0.15) is 0 Å². The Balaban J connectivity index is 2.10. The molecule has 21 heavy (non-hydrogen) atoms. The molecule has 1 saturated carbocycles. The molecule has 0 amide bonds. The molecule has 2 atom stereocenters. The van der Waals surface area contributed by atoms with Crippen LogP contribution < -0.4 is 0 Å². The van der Waals surface area contributed by atoms with Crippen LogP contribution in [-0.2, 0) is 9.47 Å². The minimum atomic E-state index is -0.634. The fraction of sp³-hybridized carbons (Fsp3) is 0.500. The fourth-order valence-electron chi connectivity index (χ4n) is 2.46. The van der Waals surface area contributed by atoms with Gasteiger partial charge in [-0.3, -0.25) is 10.1 Å². The van der Waals surface area contributed by atoms with Crippen molar-refractivity contribution in [2.75, 3.05) is 7.11 Å². The lowest BCUT2D eigenvalue weighted by Crippen LogP contribution is -2.29. The number of carbonyl (C=O) groups excluding carboxylic acids is 1. The van der Waals surface area contributed by atoms with E-state index in [1.54, 1.807) is 7.11 Å². The van der Waals surface area contributed by atoms with E-state index < -0.39 is 10.9 Å². The van der Waals surface area contributed by atoms with Gasteiger partial charge in [-0.15, -0.1) is 0 Å². The van der Waals surface area contributed by atoms with E-state index in [1.165, 1.54) is 18.2 Å². The van der Waals surface area contributed by atoms with Crippen molar-refractivity contribution in [1.29, 1.82) is 0 Å². The summed E-state index contributed by atoms with van der Waals surface area (Å²) in [5.74, 6) is -0.634. The lowest BCUT2D eigenvalue weighted by atomic mass is 9.95. The molecule has 0 N–H and O–H groups in total. The molecule has 0 saturated heterocycles. The van der Waals surface area contributed by atoms with E-state index in [0.717, 1.165) is 19.3 Å². The van der Waals surface area contributed by atoms with Gasteiger partial charge in [0, 0.05) is 19.6 Å². The summed E-state index contributed by atoms with van der Waals surface area (Å²) in [7, 11) is 1.63. The second-order valence-corrected chi connectivity index (χ2v) is 5.33. The van der Waals surface area contributed by atoms with E-state index >= 15 is 0 Å². The molecule has 2 unspecified atom stereocenters. The lowest BCUT2D eigenvalue weighted by Gasteiger charge is -2.27. The Morgan fingerprint density at radius 1 is 1.38 bits per heavy atom. The molecule has 0 heterocycles. The molecule has 0 bridgehead atoms. The molecule has 1 aliphatic rings. The van der Waals surface area contributed by atoms with Gasteiger partial charge in [0.25, 0.3) is 5.69 Å². The van der Waals surface area contributed by atoms with E-state index in [-0.39, 0.29) is 28.5 Å². The van der Waals surface area contributed by atoms with Gasteiger partial charge in [-0.1, -0.05) is 17.7 Å². The van der Waals surface area contributed by atoms with Gasteiger partial charge in [0.05, 0.1) is 16.6 Å². The maximum atomic E-state index is 12.1. The summed E-state index contributed by atoms with van der Waals surface area (Å²) in [6.07, 6.45) is 3.09. The maximum Gasteiger partial charge on any atom is 0.340 e. The maximum absolute atomic E-state index is 12.1. The van der Waals surface area contributed by atoms with Crippen molar-refractivity contribution in [2.24, 2.45) is 0 Å². The van der Waals surface area contributed by atoms with Crippen LogP contribution in [0.25, 0.3) is 0 Å². The highest BCUT2D eigenvalue weighted by atomic mass is 35.5. The quantitative estimate of drug-likeness (QED) is 0.484. The summed E-state index contributed by atoms with van der Waals surface area (Å²) in [6, 6.07) is 4.09. The lowest BCUT2D eigenvalue weighted by molar-refractivity contribution is -0.384. The summed E-state index contributed by atoms with van der Waals surface area (Å²) in [6.45, 7) is 0. The summed E-state index contributed by atoms with van der Waals surface area (Å²) >= 11 is 5.91. The van der Waals surface area contributed by atoms with Crippen LogP contribution in [0.5, 0.6) is 0 Å². The van der Waals surface area contributed by atoms with Crippen molar-refractivity contribution in [3.63, 3.8) is 0 Å². The highest BCUT2D eigenvalue weighted by Gasteiger charge is 2.27. The molecule has 1 fully saturated rings. The Hall–Kier alpha value is -1.66. The van der Waals surface area contributed by atoms with Crippen molar-refractivity contribution < 1.29 is 19.2 Å². The van der Waals surface area contributed by atoms with Crippen molar-refractivity contribution in [3.8, 4) is 0 Å². The summed E-state index contributed by atoms with van der Waals surface area (Å²) in [5, 5.41) is 10.6. The van der Waals surface area contributed by atoms with Crippen LogP contribution in [-0.4, -0.2) is 30.2 Å². The number of ether oxygens (including phenoxy) is 2. The molecule has 0 aliphatic heterocycles. The number of methoxy groups -OCH3 is 1. The highest BCUT2D eigenvalue weighted by molar-refractivity contribution is 6.35. The average molecular weight is 314 g/mol. The van der Waals surface area contributed by atoms with Crippen LogP contribution in [0, 0.1) is 10.1 Å². The first-order valence-corrected chi connectivity index (χ1v) is 7.07. The molecule has 1 aromatic carbocycles. The number of benzene rings is 1. The third-order valence-electron chi connectivity index (χ3n) is 3.58. The van der Waals surface area contributed by atoms with Gasteiger partial charge >= 0.3 is 5.97 Å². The fourth-order valence-corrected chi connectivity index (χ4v) is 2.73. The number of hydrogen-bond donors (Lipinski definition) is 0. The first-order chi connectivity index (χ1) is 10.0. The van der Waals surface area contributed by atoms with Crippen LogP contribution >= 0.6 is 11.6 Å². The van der Waals surface area contributed by atoms with E-state index in [4.69, 9.17) is 21.1 Å². The van der Waals surface area contributed by atoms with Crippen LogP contribution in [0.2, 0.25) is 5.02 Å².